The van der Waals surface area contributed by atoms with E-state index >= 15 is 0 Å². The first-order valence-electron chi connectivity index (χ1n) is 8.65. The van der Waals surface area contributed by atoms with Crippen LogP contribution in [-0.4, -0.2) is 49.9 Å². The van der Waals surface area contributed by atoms with E-state index in [4.69, 9.17) is 4.74 Å². The number of ether oxygens (including phenoxy) is 1. The quantitative estimate of drug-likeness (QED) is 0.808. The Bertz CT molecular complexity index is 862. The lowest BCUT2D eigenvalue weighted by Crippen LogP contribution is -2.44. The number of carbonyl (C=O) groups excluding carboxylic acids is 1. The van der Waals surface area contributed by atoms with E-state index in [9.17, 15) is 13.2 Å². The molecule has 26 heavy (non-hydrogen) atoms. The van der Waals surface area contributed by atoms with E-state index in [0.717, 1.165) is 11.1 Å². The number of hydrogen-bond donors (Lipinski definition) is 0. The second-order valence-electron chi connectivity index (χ2n) is 6.66. The Morgan fingerprint density at radius 1 is 1.08 bits per heavy atom. The van der Waals surface area contributed by atoms with Crippen molar-refractivity contribution >= 4 is 15.7 Å². The van der Waals surface area contributed by atoms with E-state index < -0.39 is 15.9 Å². The SMILES string of the molecule is C[C@H](Oc1ccc(-c2ccccc2)cc1)C(=O)N(C)[C@H]1CCS(=O)(=O)C1. The molecule has 1 aliphatic heterocycles. The molecule has 3 rings (SSSR count). The van der Waals surface area contributed by atoms with Gasteiger partial charge in [-0.05, 0) is 36.6 Å². The van der Waals surface area contributed by atoms with Gasteiger partial charge in [0.1, 0.15) is 5.75 Å². The minimum atomic E-state index is -3.02. The van der Waals surface area contributed by atoms with Crippen molar-refractivity contribution < 1.29 is 17.9 Å². The summed E-state index contributed by atoms with van der Waals surface area (Å²) in [7, 11) is -1.38. The van der Waals surface area contributed by atoms with E-state index in [2.05, 4.69) is 0 Å². The zero-order valence-corrected chi connectivity index (χ0v) is 15.8. The molecule has 1 fully saturated rings. The molecule has 1 amide bonds. The van der Waals surface area contributed by atoms with Gasteiger partial charge in [0, 0.05) is 13.1 Å². The van der Waals surface area contributed by atoms with Gasteiger partial charge in [-0.2, -0.15) is 0 Å². The summed E-state index contributed by atoms with van der Waals surface area (Å²) in [5.41, 5.74) is 2.19. The number of sulfone groups is 1. The molecule has 0 aromatic heterocycles. The third-order valence-corrected chi connectivity index (χ3v) is 6.48. The average Bonchev–Trinajstić information content (AvgIpc) is 3.01. The molecule has 6 heteroatoms. The van der Waals surface area contributed by atoms with Gasteiger partial charge in [0.05, 0.1) is 11.5 Å². The summed E-state index contributed by atoms with van der Waals surface area (Å²) in [6.45, 7) is 1.69. The van der Waals surface area contributed by atoms with Gasteiger partial charge in [0.15, 0.2) is 15.9 Å². The van der Waals surface area contributed by atoms with Crippen molar-refractivity contribution in [1.29, 1.82) is 0 Å². The van der Waals surface area contributed by atoms with Crippen LogP contribution in [-0.2, 0) is 14.6 Å². The molecule has 0 spiro atoms. The van der Waals surface area contributed by atoms with Gasteiger partial charge >= 0.3 is 0 Å². The van der Waals surface area contributed by atoms with Gasteiger partial charge in [0.25, 0.3) is 5.91 Å². The van der Waals surface area contributed by atoms with Crippen LogP contribution in [0.4, 0.5) is 0 Å². The van der Waals surface area contributed by atoms with E-state index in [1.807, 2.05) is 54.6 Å². The molecule has 0 bridgehead atoms. The van der Waals surface area contributed by atoms with E-state index in [0.29, 0.717) is 12.2 Å². The van der Waals surface area contributed by atoms with Crippen molar-refractivity contribution in [3.63, 3.8) is 0 Å². The summed E-state index contributed by atoms with van der Waals surface area (Å²) in [5, 5.41) is 0. The van der Waals surface area contributed by atoms with E-state index in [-0.39, 0.29) is 23.5 Å². The highest BCUT2D eigenvalue weighted by atomic mass is 32.2. The minimum Gasteiger partial charge on any atom is -0.481 e. The summed E-state index contributed by atoms with van der Waals surface area (Å²) in [6, 6.07) is 17.3. The zero-order chi connectivity index (χ0) is 18.7. The number of likely N-dealkylation sites (N-methyl/N-ethyl adjacent to an activating group) is 1. The fourth-order valence-corrected chi connectivity index (χ4v) is 4.93. The van der Waals surface area contributed by atoms with Crippen LogP contribution in [0.25, 0.3) is 11.1 Å². The van der Waals surface area contributed by atoms with E-state index in [1.165, 1.54) is 4.90 Å². The van der Waals surface area contributed by atoms with Crippen LogP contribution in [0.15, 0.2) is 54.6 Å². The van der Waals surface area contributed by atoms with Gasteiger partial charge in [-0.3, -0.25) is 4.79 Å². The largest absolute Gasteiger partial charge is 0.481 e. The van der Waals surface area contributed by atoms with Crippen LogP contribution < -0.4 is 4.74 Å². The van der Waals surface area contributed by atoms with Crippen LogP contribution in [0.5, 0.6) is 5.75 Å². The standard InChI is InChI=1S/C20H23NO4S/c1-15(20(22)21(2)18-12-13-26(23,24)14-18)25-19-10-8-17(9-11-19)16-6-4-3-5-7-16/h3-11,15,18H,12-14H2,1-2H3/t15-,18-/m0/s1. The Balaban J connectivity index is 1.62. The first-order chi connectivity index (χ1) is 12.4. The lowest BCUT2D eigenvalue weighted by Gasteiger charge is -2.26. The number of carbonyl (C=O) groups is 1. The number of amides is 1. The molecule has 5 nitrogen and oxygen atoms in total. The lowest BCUT2D eigenvalue weighted by atomic mass is 10.1. The number of benzene rings is 2. The topological polar surface area (TPSA) is 63.7 Å². The monoisotopic (exact) mass is 373 g/mol. The van der Waals surface area contributed by atoms with Crippen LogP contribution >= 0.6 is 0 Å². The molecule has 1 heterocycles. The lowest BCUT2D eigenvalue weighted by molar-refractivity contribution is -0.138. The Hall–Kier alpha value is -2.34. The molecule has 2 aromatic rings. The van der Waals surface area contributed by atoms with Crippen molar-refractivity contribution in [2.24, 2.45) is 0 Å². The van der Waals surface area contributed by atoms with Gasteiger partial charge < -0.3 is 9.64 Å². The molecule has 0 saturated carbocycles. The second kappa shape index (κ2) is 7.50. The molecule has 0 N–H and O–H groups in total. The Morgan fingerprint density at radius 3 is 2.27 bits per heavy atom. The summed E-state index contributed by atoms with van der Waals surface area (Å²) in [4.78, 5) is 14.0. The normalized spacial score (nSPS) is 19.7. The first-order valence-corrected chi connectivity index (χ1v) is 10.5. The van der Waals surface area contributed by atoms with Gasteiger partial charge in [-0.25, -0.2) is 8.42 Å². The second-order valence-corrected chi connectivity index (χ2v) is 8.89. The number of rotatable bonds is 5. The van der Waals surface area contributed by atoms with Crippen molar-refractivity contribution in [3.8, 4) is 16.9 Å². The van der Waals surface area contributed by atoms with Crippen LogP contribution in [0, 0.1) is 0 Å². The van der Waals surface area contributed by atoms with Gasteiger partial charge in [0.2, 0.25) is 0 Å². The maximum absolute atomic E-state index is 12.5. The molecule has 1 aliphatic rings. The van der Waals surface area contributed by atoms with Crippen molar-refractivity contribution in [2.75, 3.05) is 18.6 Å². The molecule has 1 saturated heterocycles. The Kier molecular flexibility index (Phi) is 5.32. The molecule has 2 aromatic carbocycles. The maximum Gasteiger partial charge on any atom is 0.263 e. The molecule has 2 atom stereocenters. The molecule has 0 radical (unpaired) electrons. The summed E-state index contributed by atoms with van der Waals surface area (Å²) in [6.07, 6.45) is -0.186. The predicted octanol–water partition coefficient (Wildman–Crippen LogP) is 2.77. The highest BCUT2D eigenvalue weighted by molar-refractivity contribution is 7.91. The minimum absolute atomic E-state index is 0.0354. The molecule has 0 unspecified atom stereocenters. The molecular formula is C20H23NO4S. The summed E-state index contributed by atoms with van der Waals surface area (Å²) in [5.74, 6) is 0.580. The Morgan fingerprint density at radius 2 is 1.69 bits per heavy atom. The predicted molar refractivity (Wildman–Crippen MR) is 102 cm³/mol. The molecule has 138 valence electrons. The Labute approximate surface area is 154 Å². The first kappa shape index (κ1) is 18.5. The third-order valence-electron chi connectivity index (χ3n) is 4.73. The fourth-order valence-electron chi connectivity index (χ4n) is 3.16. The number of nitrogens with zero attached hydrogens (tertiary/aromatic N) is 1. The van der Waals surface area contributed by atoms with Gasteiger partial charge in [-0.1, -0.05) is 42.5 Å². The molecular weight excluding hydrogens is 350 g/mol. The highest BCUT2D eigenvalue weighted by Gasteiger charge is 2.34. The molecule has 0 aliphatic carbocycles. The van der Waals surface area contributed by atoms with Crippen LogP contribution in [0.2, 0.25) is 0 Å². The number of hydrogen-bond acceptors (Lipinski definition) is 4. The smallest absolute Gasteiger partial charge is 0.263 e. The zero-order valence-electron chi connectivity index (χ0n) is 15.0. The third kappa shape index (κ3) is 4.25. The fraction of sp³-hybridized carbons (Fsp3) is 0.350. The van der Waals surface area contributed by atoms with Crippen LogP contribution in [0.1, 0.15) is 13.3 Å². The van der Waals surface area contributed by atoms with E-state index in [1.54, 1.807) is 14.0 Å². The van der Waals surface area contributed by atoms with Gasteiger partial charge in [-0.15, -0.1) is 0 Å². The maximum atomic E-state index is 12.5. The van der Waals surface area contributed by atoms with Crippen LogP contribution in [0.3, 0.4) is 0 Å². The summed E-state index contributed by atoms with van der Waals surface area (Å²) >= 11 is 0. The highest BCUT2D eigenvalue weighted by Crippen LogP contribution is 2.23. The van der Waals surface area contributed by atoms with Crippen molar-refractivity contribution in [1.82, 2.24) is 4.90 Å². The van der Waals surface area contributed by atoms with Crippen molar-refractivity contribution in [3.05, 3.63) is 54.6 Å². The summed E-state index contributed by atoms with van der Waals surface area (Å²) < 4.78 is 29.0. The van der Waals surface area contributed by atoms with Crippen molar-refractivity contribution in [2.45, 2.75) is 25.5 Å². The average molecular weight is 373 g/mol.